The molecule has 1 amide bonds. The molecule has 1 aromatic carbocycles. The Morgan fingerprint density at radius 1 is 1.25 bits per heavy atom. The second-order valence-corrected chi connectivity index (χ2v) is 5.28. The molecule has 2 rings (SSSR count). The maximum absolute atomic E-state index is 11.9. The molecule has 1 aliphatic heterocycles. The van der Waals surface area contributed by atoms with Crippen molar-refractivity contribution in [2.45, 2.75) is 12.2 Å². The summed E-state index contributed by atoms with van der Waals surface area (Å²) in [5.74, 6) is 0.0565. The molecule has 4 heteroatoms. The predicted octanol–water partition coefficient (Wildman–Crippen LogP) is 1.79. The third-order valence-corrected chi connectivity index (χ3v) is 3.45. The summed E-state index contributed by atoms with van der Waals surface area (Å²) in [6.45, 7) is 2.92. The molecule has 0 radical (unpaired) electrons. The summed E-state index contributed by atoms with van der Waals surface area (Å²) in [5, 5.41) is 0.405. The summed E-state index contributed by atoms with van der Waals surface area (Å²) in [6, 6.07) is 9.23. The Balaban J connectivity index is 1.88. The maximum atomic E-state index is 11.9. The van der Waals surface area contributed by atoms with Gasteiger partial charge in [-0.15, -0.1) is 0 Å². The molecule has 84 valence electrons. The second kappa shape index (κ2) is 4.70. The van der Waals surface area contributed by atoms with Crippen LogP contribution in [0.15, 0.2) is 30.3 Å². The monoisotopic (exact) mass is 235 g/mol. The Bertz CT molecular complexity index is 399. The molecule has 1 aromatic rings. The van der Waals surface area contributed by atoms with Gasteiger partial charge in [0.25, 0.3) is 5.91 Å². The van der Waals surface area contributed by atoms with E-state index in [0.29, 0.717) is 18.7 Å². The van der Waals surface area contributed by atoms with Gasteiger partial charge in [0.15, 0.2) is 5.12 Å². The highest BCUT2D eigenvalue weighted by molar-refractivity contribution is 8.14. The number of hydrogen-bond donors (Lipinski definition) is 0. The van der Waals surface area contributed by atoms with Crippen LogP contribution in [0.2, 0.25) is 0 Å². The third-order valence-electron chi connectivity index (χ3n) is 2.49. The molecule has 0 unspecified atom stereocenters. The Labute approximate surface area is 98.8 Å². The van der Waals surface area contributed by atoms with Crippen molar-refractivity contribution in [2.75, 3.05) is 13.1 Å². The SMILES string of the molecule is CC(=O)SC1CN(C(=O)c2ccccc2)C1. The fourth-order valence-corrected chi connectivity index (χ4v) is 2.65. The molecule has 0 saturated carbocycles. The van der Waals surface area contributed by atoms with Crippen LogP contribution in [-0.2, 0) is 4.79 Å². The van der Waals surface area contributed by atoms with E-state index in [1.165, 1.54) is 11.8 Å². The van der Waals surface area contributed by atoms with E-state index in [-0.39, 0.29) is 16.3 Å². The van der Waals surface area contributed by atoms with Crippen LogP contribution in [0.1, 0.15) is 17.3 Å². The zero-order chi connectivity index (χ0) is 11.5. The van der Waals surface area contributed by atoms with E-state index in [9.17, 15) is 9.59 Å². The van der Waals surface area contributed by atoms with Crippen molar-refractivity contribution >= 4 is 22.8 Å². The highest BCUT2D eigenvalue weighted by Gasteiger charge is 2.32. The van der Waals surface area contributed by atoms with Gasteiger partial charge in [0.1, 0.15) is 0 Å². The zero-order valence-electron chi connectivity index (χ0n) is 9.05. The lowest BCUT2D eigenvalue weighted by molar-refractivity contribution is -0.109. The third kappa shape index (κ3) is 2.44. The first-order valence-electron chi connectivity index (χ1n) is 5.18. The number of hydrogen-bond acceptors (Lipinski definition) is 3. The van der Waals surface area contributed by atoms with Gasteiger partial charge in [-0.3, -0.25) is 9.59 Å². The molecule has 0 N–H and O–H groups in total. The van der Waals surface area contributed by atoms with E-state index in [4.69, 9.17) is 0 Å². The molecule has 0 bridgehead atoms. The van der Waals surface area contributed by atoms with Crippen LogP contribution in [0.4, 0.5) is 0 Å². The van der Waals surface area contributed by atoms with E-state index in [2.05, 4.69) is 0 Å². The Hall–Kier alpha value is -1.29. The molecule has 16 heavy (non-hydrogen) atoms. The highest BCUT2D eigenvalue weighted by Crippen LogP contribution is 2.24. The lowest BCUT2D eigenvalue weighted by Gasteiger charge is -2.38. The van der Waals surface area contributed by atoms with Crippen molar-refractivity contribution in [3.63, 3.8) is 0 Å². The van der Waals surface area contributed by atoms with Crippen molar-refractivity contribution in [3.8, 4) is 0 Å². The van der Waals surface area contributed by atoms with Gasteiger partial charge >= 0.3 is 0 Å². The number of rotatable bonds is 2. The molecule has 0 atom stereocenters. The molecule has 0 spiro atoms. The average molecular weight is 235 g/mol. The quantitative estimate of drug-likeness (QED) is 0.784. The summed E-state index contributed by atoms with van der Waals surface area (Å²) in [6.07, 6.45) is 0. The van der Waals surface area contributed by atoms with Crippen molar-refractivity contribution < 1.29 is 9.59 Å². The van der Waals surface area contributed by atoms with E-state index < -0.39 is 0 Å². The van der Waals surface area contributed by atoms with Crippen molar-refractivity contribution in [3.05, 3.63) is 35.9 Å². The minimum atomic E-state index is 0.0565. The van der Waals surface area contributed by atoms with Gasteiger partial charge in [-0.25, -0.2) is 0 Å². The Morgan fingerprint density at radius 2 is 1.88 bits per heavy atom. The number of benzene rings is 1. The van der Waals surface area contributed by atoms with Crippen LogP contribution in [0, 0.1) is 0 Å². The number of thioether (sulfide) groups is 1. The minimum absolute atomic E-state index is 0.0565. The molecule has 1 heterocycles. The topological polar surface area (TPSA) is 37.4 Å². The first-order valence-corrected chi connectivity index (χ1v) is 6.06. The van der Waals surface area contributed by atoms with Gasteiger partial charge in [-0.2, -0.15) is 0 Å². The van der Waals surface area contributed by atoms with Crippen LogP contribution in [-0.4, -0.2) is 34.3 Å². The average Bonchev–Trinajstić information content (AvgIpc) is 2.23. The van der Waals surface area contributed by atoms with Gasteiger partial charge in [-0.1, -0.05) is 30.0 Å². The number of carbonyl (C=O) groups is 2. The fourth-order valence-electron chi connectivity index (χ4n) is 1.68. The van der Waals surface area contributed by atoms with Crippen molar-refractivity contribution in [1.82, 2.24) is 4.90 Å². The molecule has 1 aliphatic rings. The summed E-state index contributed by atoms with van der Waals surface area (Å²) >= 11 is 1.32. The molecule has 1 fully saturated rings. The predicted molar refractivity (Wildman–Crippen MR) is 64.4 cm³/mol. The van der Waals surface area contributed by atoms with Gasteiger partial charge in [0.2, 0.25) is 0 Å². The molecular formula is C12H13NO2S. The standard InChI is InChI=1S/C12H13NO2S/c1-9(14)16-11-7-13(8-11)12(15)10-5-3-2-4-6-10/h2-6,11H,7-8H2,1H3. The lowest BCUT2D eigenvalue weighted by Crippen LogP contribution is -2.52. The second-order valence-electron chi connectivity index (χ2n) is 3.81. The van der Waals surface area contributed by atoms with Crippen LogP contribution in [0.3, 0.4) is 0 Å². The van der Waals surface area contributed by atoms with Crippen LogP contribution in [0.25, 0.3) is 0 Å². The Morgan fingerprint density at radius 3 is 2.44 bits per heavy atom. The van der Waals surface area contributed by atoms with Crippen LogP contribution in [0.5, 0.6) is 0 Å². The smallest absolute Gasteiger partial charge is 0.253 e. The van der Waals surface area contributed by atoms with Crippen molar-refractivity contribution in [1.29, 1.82) is 0 Å². The van der Waals surface area contributed by atoms with Gasteiger partial charge in [0.05, 0.1) is 0 Å². The largest absolute Gasteiger partial charge is 0.336 e. The zero-order valence-corrected chi connectivity index (χ0v) is 9.87. The van der Waals surface area contributed by atoms with E-state index in [1.807, 2.05) is 30.3 Å². The lowest BCUT2D eigenvalue weighted by atomic mass is 10.1. The Kier molecular flexibility index (Phi) is 3.29. The van der Waals surface area contributed by atoms with E-state index in [1.54, 1.807) is 11.8 Å². The van der Waals surface area contributed by atoms with E-state index in [0.717, 1.165) is 0 Å². The number of nitrogens with zero attached hydrogens (tertiary/aromatic N) is 1. The molecule has 3 nitrogen and oxygen atoms in total. The number of amides is 1. The molecule has 0 aliphatic carbocycles. The van der Waals surface area contributed by atoms with Crippen LogP contribution < -0.4 is 0 Å². The molecule has 0 aromatic heterocycles. The summed E-state index contributed by atoms with van der Waals surface area (Å²) in [7, 11) is 0. The van der Waals surface area contributed by atoms with Gasteiger partial charge < -0.3 is 4.90 Å². The first kappa shape index (κ1) is 11.2. The van der Waals surface area contributed by atoms with Crippen LogP contribution >= 0.6 is 11.8 Å². The normalized spacial score (nSPS) is 15.7. The van der Waals surface area contributed by atoms with E-state index >= 15 is 0 Å². The maximum Gasteiger partial charge on any atom is 0.253 e. The minimum Gasteiger partial charge on any atom is -0.336 e. The number of carbonyl (C=O) groups excluding carboxylic acids is 2. The van der Waals surface area contributed by atoms with Crippen molar-refractivity contribution in [2.24, 2.45) is 0 Å². The molecule has 1 saturated heterocycles. The first-order chi connectivity index (χ1) is 7.66. The fraction of sp³-hybridized carbons (Fsp3) is 0.333. The van der Waals surface area contributed by atoms with Gasteiger partial charge in [-0.05, 0) is 12.1 Å². The van der Waals surface area contributed by atoms with Gasteiger partial charge in [0, 0.05) is 30.8 Å². The molecular weight excluding hydrogens is 222 g/mol. The summed E-state index contributed by atoms with van der Waals surface area (Å²) in [4.78, 5) is 24.5. The number of likely N-dealkylation sites (tertiary alicyclic amines) is 1. The summed E-state index contributed by atoms with van der Waals surface area (Å²) < 4.78 is 0. The summed E-state index contributed by atoms with van der Waals surface area (Å²) in [5.41, 5.74) is 0.716. The highest BCUT2D eigenvalue weighted by atomic mass is 32.2.